The van der Waals surface area contributed by atoms with E-state index in [-0.39, 0.29) is 11.9 Å². The summed E-state index contributed by atoms with van der Waals surface area (Å²) in [7, 11) is 0. The van der Waals surface area contributed by atoms with Gasteiger partial charge in [0, 0.05) is 17.0 Å². The van der Waals surface area contributed by atoms with Gasteiger partial charge >= 0.3 is 0 Å². The molecule has 0 aliphatic carbocycles. The van der Waals surface area contributed by atoms with Gasteiger partial charge in [0.25, 0.3) is 5.91 Å². The summed E-state index contributed by atoms with van der Waals surface area (Å²) in [6.07, 6.45) is 0.688. The first kappa shape index (κ1) is 16.6. The number of hydrogen-bond acceptors (Lipinski definition) is 2. The predicted molar refractivity (Wildman–Crippen MR) is 104 cm³/mol. The van der Waals surface area contributed by atoms with Crippen LogP contribution in [0.25, 0.3) is 0 Å². The van der Waals surface area contributed by atoms with Gasteiger partial charge in [0.15, 0.2) is 0 Å². The van der Waals surface area contributed by atoms with E-state index in [1.165, 1.54) is 0 Å². The lowest BCUT2D eigenvalue weighted by molar-refractivity contribution is 0.0711. The summed E-state index contributed by atoms with van der Waals surface area (Å²) in [5.74, 6) is -0.124. The highest BCUT2D eigenvalue weighted by Crippen LogP contribution is 2.33. The number of benzene rings is 3. The van der Waals surface area contributed by atoms with E-state index < -0.39 is 0 Å². The molecular weight excluding hydrogens is 344 g/mol. The molecule has 1 atom stereocenters. The molecule has 0 radical (unpaired) electrons. The second-order valence-electron chi connectivity index (χ2n) is 6.20. The molecule has 0 unspecified atom stereocenters. The van der Waals surface area contributed by atoms with Gasteiger partial charge in [-0.15, -0.1) is 0 Å². The zero-order valence-corrected chi connectivity index (χ0v) is 14.8. The van der Waals surface area contributed by atoms with Gasteiger partial charge in [-0.2, -0.15) is 5.10 Å². The van der Waals surface area contributed by atoms with Crippen LogP contribution in [0.1, 0.15) is 33.9 Å². The fourth-order valence-electron chi connectivity index (χ4n) is 3.16. The number of hydrazone groups is 1. The van der Waals surface area contributed by atoms with Crippen LogP contribution in [-0.2, 0) is 0 Å². The lowest BCUT2D eigenvalue weighted by Crippen LogP contribution is -2.27. The Labute approximate surface area is 157 Å². The first-order chi connectivity index (χ1) is 12.7. The SMILES string of the molecule is O=C(c1ccc(Cl)cc1)N1N=C(c2ccccc2)C[C@H]1c1ccccc1. The van der Waals surface area contributed by atoms with Gasteiger partial charge in [0.05, 0.1) is 11.8 Å². The first-order valence-corrected chi connectivity index (χ1v) is 8.87. The van der Waals surface area contributed by atoms with Crippen LogP contribution in [0.4, 0.5) is 0 Å². The minimum absolute atomic E-state index is 0.116. The van der Waals surface area contributed by atoms with E-state index in [1.807, 2.05) is 60.7 Å². The van der Waals surface area contributed by atoms with Gasteiger partial charge < -0.3 is 0 Å². The molecule has 4 rings (SSSR count). The van der Waals surface area contributed by atoms with Gasteiger partial charge in [-0.1, -0.05) is 72.3 Å². The largest absolute Gasteiger partial charge is 0.274 e. The number of nitrogens with zero attached hydrogens (tertiary/aromatic N) is 2. The molecule has 0 spiro atoms. The molecule has 0 aromatic heterocycles. The first-order valence-electron chi connectivity index (χ1n) is 8.49. The lowest BCUT2D eigenvalue weighted by atomic mass is 9.98. The summed E-state index contributed by atoms with van der Waals surface area (Å²) >= 11 is 5.95. The van der Waals surface area contributed by atoms with Crippen LogP contribution < -0.4 is 0 Å². The predicted octanol–water partition coefficient (Wildman–Crippen LogP) is 5.33. The smallest absolute Gasteiger partial charge is 0.267 e. The summed E-state index contributed by atoms with van der Waals surface area (Å²) in [6.45, 7) is 0. The molecule has 26 heavy (non-hydrogen) atoms. The van der Waals surface area contributed by atoms with E-state index in [0.29, 0.717) is 17.0 Å². The van der Waals surface area contributed by atoms with Crippen LogP contribution in [0.3, 0.4) is 0 Å². The molecule has 0 fully saturated rings. The highest BCUT2D eigenvalue weighted by molar-refractivity contribution is 6.30. The van der Waals surface area contributed by atoms with Crippen LogP contribution in [0, 0.1) is 0 Å². The average Bonchev–Trinajstić information content (AvgIpc) is 3.15. The average molecular weight is 361 g/mol. The maximum atomic E-state index is 13.1. The summed E-state index contributed by atoms with van der Waals surface area (Å²) in [6, 6.07) is 26.8. The number of rotatable bonds is 3. The molecule has 0 N–H and O–H groups in total. The Bertz CT molecular complexity index is 937. The van der Waals surface area contributed by atoms with E-state index in [9.17, 15) is 4.79 Å². The van der Waals surface area contributed by atoms with Gasteiger partial charge in [0.1, 0.15) is 0 Å². The quantitative estimate of drug-likeness (QED) is 0.621. The highest BCUT2D eigenvalue weighted by atomic mass is 35.5. The van der Waals surface area contributed by atoms with Crippen molar-refractivity contribution in [1.82, 2.24) is 5.01 Å². The van der Waals surface area contributed by atoms with Gasteiger partial charge in [-0.25, -0.2) is 5.01 Å². The topological polar surface area (TPSA) is 32.7 Å². The van der Waals surface area contributed by atoms with Crippen molar-refractivity contribution in [2.75, 3.05) is 0 Å². The third-order valence-corrected chi connectivity index (χ3v) is 4.75. The Balaban J connectivity index is 1.72. The number of hydrogen-bond donors (Lipinski definition) is 0. The van der Waals surface area contributed by atoms with Crippen LogP contribution in [-0.4, -0.2) is 16.6 Å². The fraction of sp³-hybridized carbons (Fsp3) is 0.0909. The summed E-state index contributed by atoms with van der Waals surface area (Å²) in [5, 5.41) is 6.89. The second-order valence-corrected chi connectivity index (χ2v) is 6.64. The fourth-order valence-corrected chi connectivity index (χ4v) is 3.29. The monoisotopic (exact) mass is 360 g/mol. The Morgan fingerprint density at radius 1 is 0.885 bits per heavy atom. The van der Waals surface area contributed by atoms with E-state index in [2.05, 4.69) is 5.10 Å². The van der Waals surface area contributed by atoms with E-state index >= 15 is 0 Å². The van der Waals surface area contributed by atoms with Gasteiger partial charge in [-0.05, 0) is 35.4 Å². The van der Waals surface area contributed by atoms with Crippen molar-refractivity contribution in [3.05, 3.63) is 107 Å². The molecule has 1 heterocycles. The normalized spacial score (nSPS) is 16.4. The molecule has 128 valence electrons. The highest BCUT2D eigenvalue weighted by Gasteiger charge is 2.33. The minimum Gasteiger partial charge on any atom is -0.267 e. The molecule has 0 saturated heterocycles. The minimum atomic E-state index is -0.124. The molecule has 3 aromatic carbocycles. The van der Waals surface area contributed by atoms with Crippen molar-refractivity contribution < 1.29 is 4.79 Å². The van der Waals surface area contributed by atoms with E-state index in [1.54, 1.807) is 29.3 Å². The van der Waals surface area contributed by atoms with E-state index in [4.69, 9.17) is 11.6 Å². The van der Waals surface area contributed by atoms with Crippen molar-refractivity contribution in [3.63, 3.8) is 0 Å². The second kappa shape index (κ2) is 7.14. The maximum absolute atomic E-state index is 13.1. The molecule has 3 aromatic rings. The van der Waals surface area contributed by atoms with Crippen molar-refractivity contribution >= 4 is 23.2 Å². The molecule has 0 bridgehead atoms. The number of amides is 1. The zero-order valence-electron chi connectivity index (χ0n) is 14.0. The number of carbonyl (C=O) groups is 1. The summed E-state index contributed by atoms with van der Waals surface area (Å²) < 4.78 is 0. The molecule has 3 nitrogen and oxygen atoms in total. The van der Waals surface area contributed by atoms with Crippen LogP contribution in [0.2, 0.25) is 5.02 Å². The molecule has 1 amide bonds. The maximum Gasteiger partial charge on any atom is 0.274 e. The van der Waals surface area contributed by atoms with Crippen LogP contribution in [0.5, 0.6) is 0 Å². The Kier molecular flexibility index (Phi) is 4.55. The van der Waals surface area contributed by atoms with Crippen molar-refractivity contribution in [1.29, 1.82) is 0 Å². The van der Waals surface area contributed by atoms with E-state index in [0.717, 1.165) is 16.8 Å². The Morgan fingerprint density at radius 3 is 2.15 bits per heavy atom. The number of carbonyl (C=O) groups excluding carboxylic acids is 1. The van der Waals surface area contributed by atoms with Crippen LogP contribution >= 0.6 is 11.6 Å². The Hall–Kier alpha value is -2.91. The third kappa shape index (κ3) is 3.26. The zero-order chi connectivity index (χ0) is 17.9. The summed E-state index contributed by atoms with van der Waals surface area (Å²) in [5.41, 5.74) is 3.61. The van der Waals surface area contributed by atoms with Crippen molar-refractivity contribution in [2.45, 2.75) is 12.5 Å². The number of halogens is 1. The van der Waals surface area contributed by atoms with Gasteiger partial charge in [-0.3, -0.25) is 4.79 Å². The van der Waals surface area contributed by atoms with Crippen LogP contribution in [0.15, 0.2) is 90.0 Å². The van der Waals surface area contributed by atoms with Crippen molar-refractivity contribution in [3.8, 4) is 0 Å². The molecule has 1 aliphatic rings. The van der Waals surface area contributed by atoms with Crippen molar-refractivity contribution in [2.24, 2.45) is 5.10 Å². The molecule has 4 heteroatoms. The molecule has 0 saturated carbocycles. The Morgan fingerprint density at radius 2 is 1.50 bits per heavy atom. The molecular formula is C22H17ClN2O. The third-order valence-electron chi connectivity index (χ3n) is 4.50. The lowest BCUT2D eigenvalue weighted by Gasteiger charge is -2.22. The molecule has 1 aliphatic heterocycles. The van der Waals surface area contributed by atoms with Gasteiger partial charge in [0.2, 0.25) is 0 Å². The standard InChI is InChI=1S/C22H17ClN2O/c23-19-13-11-18(12-14-19)22(26)25-21(17-9-5-2-6-10-17)15-20(24-25)16-7-3-1-4-8-16/h1-14,21H,15H2/t21-/m0/s1. The summed E-state index contributed by atoms with van der Waals surface area (Å²) in [4.78, 5) is 13.1.